The standard InChI is InChI=1S/C14H17ClFNO2/c1-10-2-3-11(8-12(10)15)13(19)17-6-4-14(16,9-18)5-7-17/h2-3,8,18H,4-7,9H2,1H3. The molecular weight excluding hydrogens is 269 g/mol. The van der Waals surface area contributed by atoms with E-state index in [0.29, 0.717) is 23.7 Å². The van der Waals surface area contributed by atoms with Crippen LogP contribution in [0.2, 0.25) is 5.02 Å². The lowest BCUT2D eigenvalue weighted by Gasteiger charge is -2.35. The number of hydrogen-bond donors (Lipinski definition) is 1. The Morgan fingerprint density at radius 1 is 1.47 bits per heavy atom. The van der Waals surface area contributed by atoms with Crippen LogP contribution in [-0.2, 0) is 0 Å². The molecule has 0 aromatic heterocycles. The Labute approximate surface area is 117 Å². The number of carbonyl (C=O) groups excluding carboxylic acids is 1. The monoisotopic (exact) mass is 285 g/mol. The largest absolute Gasteiger partial charge is 0.393 e. The van der Waals surface area contributed by atoms with Crippen LogP contribution in [0.5, 0.6) is 0 Å². The van der Waals surface area contributed by atoms with Crippen molar-refractivity contribution in [3.63, 3.8) is 0 Å². The summed E-state index contributed by atoms with van der Waals surface area (Å²) in [6, 6.07) is 5.17. The van der Waals surface area contributed by atoms with Gasteiger partial charge in [0.15, 0.2) is 0 Å². The number of amides is 1. The van der Waals surface area contributed by atoms with Crippen LogP contribution >= 0.6 is 11.6 Å². The maximum atomic E-state index is 13.8. The summed E-state index contributed by atoms with van der Waals surface area (Å²) in [5.74, 6) is -0.137. The zero-order chi connectivity index (χ0) is 14.0. The normalized spacial score (nSPS) is 18.4. The number of aliphatic hydroxyl groups excluding tert-OH is 1. The van der Waals surface area contributed by atoms with Gasteiger partial charge in [0.25, 0.3) is 5.91 Å². The van der Waals surface area contributed by atoms with Gasteiger partial charge in [0.2, 0.25) is 0 Å². The molecule has 1 aliphatic heterocycles. The molecule has 0 bridgehead atoms. The van der Waals surface area contributed by atoms with Crippen LogP contribution in [-0.4, -0.2) is 41.3 Å². The van der Waals surface area contributed by atoms with E-state index in [1.54, 1.807) is 23.1 Å². The number of nitrogens with zero attached hydrogens (tertiary/aromatic N) is 1. The summed E-state index contributed by atoms with van der Waals surface area (Å²) in [7, 11) is 0. The molecule has 1 N–H and O–H groups in total. The second-order valence-corrected chi connectivity index (χ2v) is 5.47. The van der Waals surface area contributed by atoms with Gasteiger partial charge in [-0.3, -0.25) is 4.79 Å². The lowest BCUT2D eigenvalue weighted by molar-refractivity contribution is 0.00992. The fraction of sp³-hybridized carbons (Fsp3) is 0.500. The molecule has 0 spiro atoms. The molecule has 1 saturated heterocycles. The van der Waals surface area contributed by atoms with Crippen LogP contribution in [0.25, 0.3) is 0 Å². The molecule has 1 aromatic carbocycles. The first-order valence-corrected chi connectivity index (χ1v) is 6.68. The highest BCUT2D eigenvalue weighted by molar-refractivity contribution is 6.31. The number of benzene rings is 1. The predicted molar refractivity (Wildman–Crippen MR) is 72.3 cm³/mol. The minimum absolute atomic E-state index is 0.137. The Bertz CT molecular complexity index is 484. The number of piperidine rings is 1. The summed E-state index contributed by atoms with van der Waals surface area (Å²) in [6.07, 6.45) is 0.351. The van der Waals surface area contributed by atoms with E-state index in [-0.39, 0.29) is 18.7 Å². The number of aliphatic hydroxyl groups is 1. The van der Waals surface area contributed by atoms with Crippen LogP contribution in [0.15, 0.2) is 18.2 Å². The van der Waals surface area contributed by atoms with Crippen molar-refractivity contribution in [3.8, 4) is 0 Å². The molecular formula is C14H17ClFNO2. The van der Waals surface area contributed by atoms with E-state index < -0.39 is 12.3 Å². The fourth-order valence-corrected chi connectivity index (χ4v) is 2.36. The molecule has 1 heterocycles. The molecule has 1 amide bonds. The van der Waals surface area contributed by atoms with E-state index in [1.165, 1.54) is 0 Å². The molecule has 0 aliphatic carbocycles. The van der Waals surface area contributed by atoms with Crippen LogP contribution in [0.4, 0.5) is 4.39 Å². The molecule has 5 heteroatoms. The van der Waals surface area contributed by atoms with Gasteiger partial charge in [-0.1, -0.05) is 17.7 Å². The van der Waals surface area contributed by atoms with Crippen molar-refractivity contribution in [1.29, 1.82) is 0 Å². The van der Waals surface area contributed by atoms with Crippen molar-refractivity contribution in [1.82, 2.24) is 4.90 Å². The molecule has 1 fully saturated rings. The van der Waals surface area contributed by atoms with E-state index in [2.05, 4.69) is 0 Å². The van der Waals surface area contributed by atoms with Crippen molar-refractivity contribution in [2.24, 2.45) is 0 Å². The van der Waals surface area contributed by atoms with E-state index in [1.807, 2.05) is 6.92 Å². The van der Waals surface area contributed by atoms with Crippen LogP contribution in [0.1, 0.15) is 28.8 Å². The number of halogens is 2. The highest BCUT2D eigenvalue weighted by Crippen LogP contribution is 2.27. The molecule has 2 rings (SSSR count). The molecule has 0 radical (unpaired) electrons. The summed E-state index contributed by atoms with van der Waals surface area (Å²) in [5.41, 5.74) is -0.104. The first kappa shape index (κ1) is 14.3. The minimum Gasteiger partial charge on any atom is -0.393 e. The molecule has 3 nitrogen and oxygen atoms in total. The Morgan fingerprint density at radius 3 is 2.63 bits per heavy atom. The molecule has 1 aromatic rings. The highest BCUT2D eigenvalue weighted by Gasteiger charge is 2.35. The Hall–Kier alpha value is -1.13. The summed E-state index contributed by atoms with van der Waals surface area (Å²) in [6.45, 7) is 2.03. The Kier molecular flexibility index (Phi) is 4.11. The predicted octanol–water partition coefficient (Wildman–Crippen LogP) is 2.59. The SMILES string of the molecule is Cc1ccc(C(=O)N2CCC(F)(CO)CC2)cc1Cl. The van der Waals surface area contributed by atoms with Gasteiger partial charge in [0, 0.05) is 36.5 Å². The minimum atomic E-state index is -1.54. The first-order valence-electron chi connectivity index (χ1n) is 6.30. The lowest BCUT2D eigenvalue weighted by atomic mass is 9.94. The maximum absolute atomic E-state index is 13.8. The average molecular weight is 286 g/mol. The van der Waals surface area contributed by atoms with Crippen molar-refractivity contribution >= 4 is 17.5 Å². The van der Waals surface area contributed by atoms with Gasteiger partial charge < -0.3 is 10.0 Å². The number of carbonyl (C=O) groups is 1. The zero-order valence-corrected chi connectivity index (χ0v) is 11.6. The van der Waals surface area contributed by atoms with Crippen LogP contribution in [0, 0.1) is 6.92 Å². The second kappa shape index (κ2) is 5.47. The lowest BCUT2D eigenvalue weighted by Crippen LogP contribution is -2.46. The highest BCUT2D eigenvalue weighted by atomic mass is 35.5. The Morgan fingerprint density at radius 2 is 2.11 bits per heavy atom. The summed E-state index contributed by atoms with van der Waals surface area (Å²) < 4.78 is 13.8. The van der Waals surface area contributed by atoms with E-state index >= 15 is 0 Å². The van der Waals surface area contributed by atoms with E-state index in [9.17, 15) is 9.18 Å². The third-order valence-corrected chi connectivity index (χ3v) is 4.06. The van der Waals surface area contributed by atoms with Crippen LogP contribution < -0.4 is 0 Å². The molecule has 1 aliphatic rings. The van der Waals surface area contributed by atoms with Crippen molar-refractivity contribution in [2.75, 3.05) is 19.7 Å². The van der Waals surface area contributed by atoms with E-state index in [4.69, 9.17) is 16.7 Å². The topological polar surface area (TPSA) is 40.5 Å². The number of alkyl halides is 1. The summed E-state index contributed by atoms with van der Waals surface area (Å²) in [5, 5.41) is 9.52. The number of likely N-dealkylation sites (tertiary alicyclic amines) is 1. The van der Waals surface area contributed by atoms with Crippen molar-refractivity contribution < 1.29 is 14.3 Å². The van der Waals surface area contributed by atoms with E-state index in [0.717, 1.165) is 5.56 Å². The molecule has 104 valence electrons. The van der Waals surface area contributed by atoms with Gasteiger partial charge in [-0.15, -0.1) is 0 Å². The fourth-order valence-electron chi connectivity index (χ4n) is 2.18. The van der Waals surface area contributed by atoms with Gasteiger partial charge in [-0.2, -0.15) is 0 Å². The second-order valence-electron chi connectivity index (χ2n) is 5.07. The molecule has 0 unspecified atom stereocenters. The zero-order valence-electron chi connectivity index (χ0n) is 10.8. The van der Waals surface area contributed by atoms with Crippen molar-refractivity contribution in [3.05, 3.63) is 34.3 Å². The smallest absolute Gasteiger partial charge is 0.253 e. The van der Waals surface area contributed by atoms with Crippen molar-refractivity contribution in [2.45, 2.75) is 25.4 Å². The molecule has 0 saturated carbocycles. The van der Waals surface area contributed by atoms with Gasteiger partial charge in [-0.05, 0) is 24.6 Å². The third kappa shape index (κ3) is 3.07. The summed E-state index contributed by atoms with van der Waals surface area (Å²) >= 11 is 6.00. The van der Waals surface area contributed by atoms with Gasteiger partial charge >= 0.3 is 0 Å². The Balaban J connectivity index is 2.07. The quantitative estimate of drug-likeness (QED) is 0.907. The third-order valence-electron chi connectivity index (χ3n) is 3.65. The summed E-state index contributed by atoms with van der Waals surface area (Å²) in [4.78, 5) is 13.9. The van der Waals surface area contributed by atoms with Gasteiger partial charge in [0.1, 0.15) is 5.67 Å². The molecule has 0 atom stereocenters. The molecule has 19 heavy (non-hydrogen) atoms. The number of rotatable bonds is 2. The maximum Gasteiger partial charge on any atom is 0.253 e. The van der Waals surface area contributed by atoms with Gasteiger partial charge in [0.05, 0.1) is 6.61 Å². The average Bonchev–Trinajstić information content (AvgIpc) is 2.42. The number of hydrogen-bond acceptors (Lipinski definition) is 2. The first-order chi connectivity index (χ1) is 8.95. The number of aryl methyl sites for hydroxylation is 1. The van der Waals surface area contributed by atoms with Gasteiger partial charge in [-0.25, -0.2) is 4.39 Å². The van der Waals surface area contributed by atoms with Crippen LogP contribution in [0.3, 0.4) is 0 Å².